The van der Waals surface area contributed by atoms with Gasteiger partial charge in [0.15, 0.2) is 0 Å². The molecule has 3 rings (SSSR count). The average Bonchev–Trinajstić information content (AvgIpc) is 2.93. The van der Waals surface area contributed by atoms with Crippen molar-refractivity contribution in [3.8, 4) is 0 Å². The average molecular weight is 261 g/mol. The second-order valence-electron chi connectivity index (χ2n) is 5.64. The summed E-state index contributed by atoms with van der Waals surface area (Å²) in [5.41, 5.74) is 8.46. The minimum Gasteiger partial charge on any atom is -0.384 e. The van der Waals surface area contributed by atoms with Crippen molar-refractivity contribution in [1.29, 1.82) is 0 Å². The molecule has 0 aromatic carbocycles. The van der Waals surface area contributed by atoms with Crippen molar-refractivity contribution < 1.29 is 4.74 Å². The Bertz CT molecular complexity index is 423. The molecule has 2 aliphatic heterocycles. The number of nitrogen functional groups attached to an aromatic ring is 1. The lowest BCUT2D eigenvalue weighted by molar-refractivity contribution is 0.0849. The molecule has 4 nitrogen and oxygen atoms in total. The topological polar surface area (TPSA) is 51.4 Å². The lowest BCUT2D eigenvalue weighted by atomic mass is 9.90. The van der Waals surface area contributed by atoms with Gasteiger partial charge in [0.1, 0.15) is 5.82 Å². The molecule has 2 N–H and O–H groups in total. The molecule has 2 aliphatic rings. The van der Waals surface area contributed by atoms with E-state index >= 15 is 0 Å². The lowest BCUT2D eigenvalue weighted by Crippen LogP contribution is -2.22. The quantitative estimate of drug-likeness (QED) is 0.906. The Kier molecular flexibility index (Phi) is 3.99. The molecule has 0 spiro atoms. The summed E-state index contributed by atoms with van der Waals surface area (Å²) in [6.45, 7) is 5.10. The van der Waals surface area contributed by atoms with Crippen molar-refractivity contribution in [1.82, 2.24) is 9.88 Å². The van der Waals surface area contributed by atoms with Crippen molar-refractivity contribution in [2.24, 2.45) is 0 Å². The molecule has 104 valence electrons. The molecule has 0 atom stereocenters. The molecule has 0 aliphatic carbocycles. The second-order valence-corrected chi connectivity index (χ2v) is 5.64. The van der Waals surface area contributed by atoms with Crippen LogP contribution in [0, 0.1) is 0 Å². The van der Waals surface area contributed by atoms with E-state index in [0.717, 1.165) is 32.6 Å². The van der Waals surface area contributed by atoms with Gasteiger partial charge in [0.2, 0.25) is 0 Å². The summed E-state index contributed by atoms with van der Waals surface area (Å²) in [5.74, 6) is 1.24. The summed E-state index contributed by atoms with van der Waals surface area (Å²) in [7, 11) is 0. The fourth-order valence-corrected chi connectivity index (χ4v) is 3.19. The smallest absolute Gasteiger partial charge is 0.123 e. The van der Waals surface area contributed by atoms with Gasteiger partial charge >= 0.3 is 0 Å². The van der Waals surface area contributed by atoms with Crippen LogP contribution in [0.2, 0.25) is 0 Å². The van der Waals surface area contributed by atoms with E-state index in [9.17, 15) is 0 Å². The van der Waals surface area contributed by atoms with Gasteiger partial charge in [-0.25, -0.2) is 4.98 Å². The Balaban J connectivity index is 1.80. The first-order chi connectivity index (χ1) is 9.33. The maximum absolute atomic E-state index is 5.88. The summed E-state index contributed by atoms with van der Waals surface area (Å²) in [5, 5.41) is 0. The molecule has 1 aromatic rings. The van der Waals surface area contributed by atoms with Gasteiger partial charge in [0.05, 0.1) is 5.69 Å². The van der Waals surface area contributed by atoms with E-state index < -0.39 is 0 Å². The number of hydrogen-bond donors (Lipinski definition) is 1. The minimum atomic E-state index is 0.597. The number of ether oxygens (including phenoxy) is 1. The highest BCUT2D eigenvalue weighted by molar-refractivity contribution is 5.36. The van der Waals surface area contributed by atoms with Gasteiger partial charge in [0.25, 0.3) is 0 Å². The maximum atomic E-state index is 5.88. The van der Waals surface area contributed by atoms with Crippen LogP contribution in [-0.2, 0) is 11.3 Å². The summed E-state index contributed by atoms with van der Waals surface area (Å²) in [6, 6.07) is 4.13. The first-order valence-corrected chi connectivity index (χ1v) is 7.38. The number of anilines is 1. The molecular weight excluding hydrogens is 238 g/mol. The Hall–Kier alpha value is -1.13. The van der Waals surface area contributed by atoms with Crippen LogP contribution in [0.4, 0.5) is 5.82 Å². The Morgan fingerprint density at radius 3 is 2.68 bits per heavy atom. The van der Waals surface area contributed by atoms with E-state index in [1.807, 2.05) is 6.07 Å². The number of hydrogen-bond acceptors (Lipinski definition) is 4. The molecule has 1 aromatic heterocycles. The molecule has 0 saturated carbocycles. The predicted octanol–water partition coefficient (Wildman–Crippen LogP) is 2.15. The van der Waals surface area contributed by atoms with Crippen LogP contribution in [0.5, 0.6) is 0 Å². The Morgan fingerprint density at radius 2 is 1.95 bits per heavy atom. The number of likely N-dealkylation sites (tertiary alicyclic amines) is 1. The van der Waals surface area contributed by atoms with Crippen molar-refractivity contribution in [3.63, 3.8) is 0 Å². The summed E-state index contributed by atoms with van der Waals surface area (Å²) < 4.78 is 5.46. The van der Waals surface area contributed by atoms with Crippen LogP contribution < -0.4 is 5.73 Å². The predicted molar refractivity (Wildman–Crippen MR) is 76.0 cm³/mol. The van der Waals surface area contributed by atoms with Crippen molar-refractivity contribution in [2.75, 3.05) is 32.0 Å². The van der Waals surface area contributed by atoms with Gasteiger partial charge < -0.3 is 10.5 Å². The standard InChI is InChI=1S/C15H23N3O/c16-15-4-3-13(12-5-9-19-10-6-12)14(17-15)11-18-7-1-2-8-18/h3-4,12H,1-2,5-11H2,(H2,16,17). The van der Waals surface area contributed by atoms with Crippen LogP contribution in [0.3, 0.4) is 0 Å². The largest absolute Gasteiger partial charge is 0.384 e. The number of rotatable bonds is 3. The fourth-order valence-electron chi connectivity index (χ4n) is 3.19. The van der Waals surface area contributed by atoms with E-state index in [1.165, 1.54) is 37.2 Å². The highest BCUT2D eigenvalue weighted by Gasteiger charge is 2.22. The molecule has 0 unspecified atom stereocenters. The molecule has 0 radical (unpaired) electrons. The second kappa shape index (κ2) is 5.88. The number of aromatic nitrogens is 1. The van der Waals surface area contributed by atoms with Crippen molar-refractivity contribution >= 4 is 5.82 Å². The number of nitrogens with zero attached hydrogens (tertiary/aromatic N) is 2. The van der Waals surface area contributed by atoms with E-state index in [-0.39, 0.29) is 0 Å². The Labute approximate surface area is 115 Å². The van der Waals surface area contributed by atoms with Crippen LogP contribution >= 0.6 is 0 Å². The minimum absolute atomic E-state index is 0.597. The zero-order valence-electron chi connectivity index (χ0n) is 11.5. The summed E-state index contributed by atoms with van der Waals surface area (Å²) >= 11 is 0. The van der Waals surface area contributed by atoms with Crippen LogP contribution in [0.1, 0.15) is 42.9 Å². The van der Waals surface area contributed by atoms with Crippen LogP contribution in [0.25, 0.3) is 0 Å². The fraction of sp³-hybridized carbons (Fsp3) is 0.667. The first kappa shape index (κ1) is 12.9. The van der Waals surface area contributed by atoms with E-state index in [2.05, 4.69) is 16.0 Å². The zero-order valence-corrected chi connectivity index (χ0v) is 11.5. The third kappa shape index (κ3) is 3.07. The molecular formula is C15H23N3O. The third-order valence-electron chi connectivity index (χ3n) is 4.26. The van der Waals surface area contributed by atoms with Gasteiger partial charge in [-0.3, -0.25) is 4.90 Å². The third-order valence-corrected chi connectivity index (χ3v) is 4.26. The van der Waals surface area contributed by atoms with E-state index in [0.29, 0.717) is 11.7 Å². The molecule has 19 heavy (non-hydrogen) atoms. The van der Waals surface area contributed by atoms with Gasteiger partial charge in [-0.15, -0.1) is 0 Å². The summed E-state index contributed by atoms with van der Waals surface area (Å²) in [4.78, 5) is 7.10. The molecule has 0 amide bonds. The SMILES string of the molecule is Nc1ccc(C2CCOCC2)c(CN2CCCC2)n1. The molecule has 3 heterocycles. The van der Waals surface area contributed by atoms with Crippen LogP contribution in [0.15, 0.2) is 12.1 Å². The summed E-state index contributed by atoms with van der Waals surface area (Å²) in [6.07, 6.45) is 4.85. The molecule has 2 saturated heterocycles. The number of pyridine rings is 1. The van der Waals surface area contributed by atoms with Crippen LogP contribution in [-0.4, -0.2) is 36.2 Å². The van der Waals surface area contributed by atoms with Crippen molar-refractivity contribution in [3.05, 3.63) is 23.4 Å². The highest BCUT2D eigenvalue weighted by atomic mass is 16.5. The maximum Gasteiger partial charge on any atom is 0.123 e. The molecule has 0 bridgehead atoms. The van der Waals surface area contributed by atoms with Gasteiger partial charge in [-0.1, -0.05) is 6.07 Å². The zero-order chi connectivity index (χ0) is 13.1. The number of nitrogens with two attached hydrogens (primary N) is 1. The normalized spacial score (nSPS) is 21.9. The van der Waals surface area contributed by atoms with Crippen molar-refractivity contribution in [2.45, 2.75) is 38.1 Å². The monoisotopic (exact) mass is 261 g/mol. The lowest BCUT2D eigenvalue weighted by Gasteiger charge is -2.25. The molecule has 2 fully saturated rings. The van der Waals surface area contributed by atoms with E-state index in [4.69, 9.17) is 10.5 Å². The van der Waals surface area contributed by atoms with Gasteiger partial charge in [-0.05, 0) is 56.3 Å². The van der Waals surface area contributed by atoms with E-state index in [1.54, 1.807) is 0 Å². The Morgan fingerprint density at radius 1 is 1.21 bits per heavy atom. The first-order valence-electron chi connectivity index (χ1n) is 7.38. The van der Waals surface area contributed by atoms with Gasteiger partial charge in [0, 0.05) is 19.8 Å². The van der Waals surface area contributed by atoms with Gasteiger partial charge in [-0.2, -0.15) is 0 Å². The molecule has 4 heteroatoms. The highest BCUT2D eigenvalue weighted by Crippen LogP contribution is 2.30.